The number of aryl methyl sites for hydroxylation is 1. The minimum Gasteiger partial charge on any atom is -0.508 e. The van der Waals surface area contributed by atoms with Crippen LogP contribution in [0.25, 0.3) is 0 Å². The predicted octanol–water partition coefficient (Wildman–Crippen LogP) is 3.12. The Bertz CT molecular complexity index is 597. The van der Waals surface area contributed by atoms with Crippen molar-refractivity contribution in [2.75, 3.05) is 0 Å². The third-order valence-corrected chi connectivity index (χ3v) is 6.21. The van der Waals surface area contributed by atoms with Crippen LogP contribution >= 0.6 is 0 Å². The summed E-state index contributed by atoms with van der Waals surface area (Å²) in [5, 5.41) is 13.0. The van der Waals surface area contributed by atoms with Crippen LogP contribution in [0.5, 0.6) is 5.75 Å². The van der Waals surface area contributed by atoms with Crippen LogP contribution in [0.4, 0.5) is 0 Å². The van der Waals surface area contributed by atoms with Crippen LogP contribution in [-0.4, -0.2) is 16.6 Å². The van der Waals surface area contributed by atoms with Crippen molar-refractivity contribution >= 4 is 5.91 Å². The molecule has 1 aromatic carbocycles. The number of carbonyl (C=O) groups is 1. The van der Waals surface area contributed by atoms with Crippen molar-refractivity contribution in [1.29, 1.82) is 0 Å². The second-order valence-corrected chi connectivity index (χ2v) is 7.34. The molecule has 21 heavy (non-hydrogen) atoms. The van der Waals surface area contributed by atoms with Crippen molar-refractivity contribution in [2.24, 2.45) is 11.8 Å². The fourth-order valence-corrected chi connectivity index (χ4v) is 5.24. The first-order valence-corrected chi connectivity index (χ1v) is 8.20. The Hall–Kier alpha value is -1.51. The number of fused-ring (bicyclic) bond motifs is 5. The number of amides is 1. The molecule has 0 spiro atoms. The molecule has 1 heterocycles. The third-order valence-electron chi connectivity index (χ3n) is 6.21. The molecule has 0 aromatic heterocycles. The van der Waals surface area contributed by atoms with Crippen LogP contribution < -0.4 is 5.32 Å². The number of phenols is 1. The number of rotatable bonds is 0. The molecule has 3 aliphatic rings. The SMILES string of the molecule is C[C@]12CC[C@@H]3c4ccc(O)cc4CC[C@H]3[C@@H]1CCC(=O)N2. The fourth-order valence-electron chi connectivity index (χ4n) is 5.24. The highest BCUT2D eigenvalue weighted by Crippen LogP contribution is 2.53. The van der Waals surface area contributed by atoms with Crippen molar-refractivity contribution < 1.29 is 9.90 Å². The molecule has 1 aliphatic heterocycles. The largest absolute Gasteiger partial charge is 0.508 e. The monoisotopic (exact) mass is 285 g/mol. The second kappa shape index (κ2) is 4.49. The summed E-state index contributed by atoms with van der Waals surface area (Å²) >= 11 is 0. The van der Waals surface area contributed by atoms with Gasteiger partial charge in [0.05, 0.1) is 0 Å². The molecule has 2 N–H and O–H groups in total. The normalized spacial score (nSPS) is 38.0. The van der Waals surface area contributed by atoms with E-state index in [0.717, 1.165) is 25.7 Å². The summed E-state index contributed by atoms with van der Waals surface area (Å²) in [5.41, 5.74) is 2.79. The fraction of sp³-hybridized carbons (Fsp3) is 0.611. The lowest BCUT2D eigenvalue weighted by molar-refractivity contribution is -0.129. The second-order valence-electron chi connectivity index (χ2n) is 7.34. The number of nitrogens with one attached hydrogen (secondary N) is 1. The first kappa shape index (κ1) is 13.2. The predicted molar refractivity (Wildman–Crippen MR) is 81.2 cm³/mol. The lowest BCUT2D eigenvalue weighted by atomic mass is 9.55. The number of piperidine rings is 1. The average Bonchev–Trinajstić information content (AvgIpc) is 2.45. The molecule has 4 rings (SSSR count). The topological polar surface area (TPSA) is 49.3 Å². The first-order valence-electron chi connectivity index (χ1n) is 8.20. The average molecular weight is 285 g/mol. The van der Waals surface area contributed by atoms with Gasteiger partial charge in [0, 0.05) is 12.0 Å². The molecule has 1 saturated carbocycles. The summed E-state index contributed by atoms with van der Waals surface area (Å²) in [5.74, 6) is 2.52. The number of hydrogen-bond acceptors (Lipinski definition) is 2. The van der Waals surface area contributed by atoms with Crippen LogP contribution in [-0.2, 0) is 11.2 Å². The van der Waals surface area contributed by atoms with Gasteiger partial charge in [-0.05, 0) is 80.0 Å². The molecule has 2 fully saturated rings. The maximum Gasteiger partial charge on any atom is 0.220 e. The molecule has 112 valence electrons. The van der Waals surface area contributed by atoms with Crippen LogP contribution in [0.3, 0.4) is 0 Å². The molecule has 1 aromatic rings. The van der Waals surface area contributed by atoms with E-state index in [1.165, 1.54) is 17.5 Å². The highest BCUT2D eigenvalue weighted by molar-refractivity contribution is 5.77. The van der Waals surface area contributed by atoms with Gasteiger partial charge in [-0.15, -0.1) is 0 Å². The van der Waals surface area contributed by atoms with Crippen LogP contribution in [0, 0.1) is 11.8 Å². The number of benzene rings is 1. The highest BCUT2D eigenvalue weighted by Gasteiger charge is 2.50. The van der Waals surface area contributed by atoms with E-state index in [0.29, 0.717) is 29.9 Å². The van der Waals surface area contributed by atoms with Crippen LogP contribution in [0.1, 0.15) is 56.1 Å². The molecule has 0 radical (unpaired) electrons. The van der Waals surface area contributed by atoms with Gasteiger partial charge in [-0.2, -0.15) is 0 Å². The maximum absolute atomic E-state index is 11.8. The number of carbonyl (C=O) groups excluding carboxylic acids is 1. The molecular formula is C18H23NO2. The molecular weight excluding hydrogens is 262 g/mol. The molecule has 1 amide bonds. The van der Waals surface area contributed by atoms with Gasteiger partial charge in [0.1, 0.15) is 5.75 Å². The summed E-state index contributed by atoms with van der Waals surface area (Å²) in [7, 11) is 0. The standard InChI is InChI=1S/C18H23NO2/c1-18-9-8-14-13-5-3-12(20)10-11(13)2-4-15(14)16(18)6-7-17(21)19-18/h3,5,10,14-16,20H,2,4,6-9H2,1H3,(H,19,21)/t14-,15-,16+,18+/m1/s1. The van der Waals surface area contributed by atoms with Gasteiger partial charge in [0.15, 0.2) is 0 Å². The van der Waals surface area contributed by atoms with Gasteiger partial charge in [0.25, 0.3) is 0 Å². The van der Waals surface area contributed by atoms with Gasteiger partial charge >= 0.3 is 0 Å². The van der Waals surface area contributed by atoms with Gasteiger partial charge in [-0.25, -0.2) is 0 Å². The number of hydrogen-bond donors (Lipinski definition) is 2. The number of phenolic OH excluding ortho intramolecular Hbond substituents is 1. The molecule has 4 atom stereocenters. The molecule has 1 saturated heterocycles. The minimum absolute atomic E-state index is 0.00488. The van der Waals surface area contributed by atoms with E-state index in [1.54, 1.807) is 0 Å². The Balaban J connectivity index is 1.69. The Morgan fingerprint density at radius 2 is 2.10 bits per heavy atom. The van der Waals surface area contributed by atoms with Gasteiger partial charge in [-0.1, -0.05) is 6.07 Å². The molecule has 2 aliphatic carbocycles. The zero-order chi connectivity index (χ0) is 14.6. The summed E-state index contributed by atoms with van der Waals surface area (Å²) < 4.78 is 0. The van der Waals surface area contributed by atoms with Gasteiger partial charge < -0.3 is 10.4 Å². The Kier molecular flexibility index (Phi) is 2.82. The van der Waals surface area contributed by atoms with Crippen molar-refractivity contribution in [3.63, 3.8) is 0 Å². The quantitative estimate of drug-likeness (QED) is 0.769. The Morgan fingerprint density at radius 3 is 2.95 bits per heavy atom. The highest BCUT2D eigenvalue weighted by atomic mass is 16.3. The third kappa shape index (κ3) is 1.97. The molecule has 3 nitrogen and oxygen atoms in total. The summed E-state index contributed by atoms with van der Waals surface area (Å²) in [6, 6.07) is 5.91. The van der Waals surface area contributed by atoms with Crippen LogP contribution in [0.2, 0.25) is 0 Å². The zero-order valence-electron chi connectivity index (χ0n) is 12.6. The zero-order valence-corrected chi connectivity index (χ0v) is 12.6. The van der Waals surface area contributed by atoms with Crippen molar-refractivity contribution in [3.8, 4) is 5.75 Å². The van der Waals surface area contributed by atoms with E-state index >= 15 is 0 Å². The van der Waals surface area contributed by atoms with E-state index in [9.17, 15) is 9.90 Å². The van der Waals surface area contributed by atoms with E-state index in [4.69, 9.17) is 0 Å². The maximum atomic E-state index is 11.8. The lowest BCUT2D eigenvalue weighted by Crippen LogP contribution is -2.60. The molecule has 3 heteroatoms. The molecule has 0 unspecified atom stereocenters. The molecule has 0 bridgehead atoms. The van der Waals surface area contributed by atoms with Crippen molar-refractivity contribution in [1.82, 2.24) is 5.32 Å². The van der Waals surface area contributed by atoms with E-state index in [2.05, 4.69) is 18.3 Å². The van der Waals surface area contributed by atoms with Crippen molar-refractivity contribution in [2.45, 2.75) is 56.9 Å². The van der Waals surface area contributed by atoms with Crippen LogP contribution in [0.15, 0.2) is 18.2 Å². The van der Waals surface area contributed by atoms with Crippen molar-refractivity contribution in [3.05, 3.63) is 29.3 Å². The van der Waals surface area contributed by atoms with Gasteiger partial charge in [-0.3, -0.25) is 4.79 Å². The lowest BCUT2D eigenvalue weighted by Gasteiger charge is -2.54. The first-order chi connectivity index (χ1) is 10.1. The smallest absolute Gasteiger partial charge is 0.220 e. The van der Waals surface area contributed by atoms with E-state index in [1.807, 2.05) is 12.1 Å². The Morgan fingerprint density at radius 1 is 1.24 bits per heavy atom. The summed E-state index contributed by atoms with van der Waals surface area (Å²) in [6.45, 7) is 2.25. The van der Waals surface area contributed by atoms with E-state index in [-0.39, 0.29) is 11.4 Å². The summed E-state index contributed by atoms with van der Waals surface area (Å²) in [6.07, 6.45) is 6.20. The Labute approximate surface area is 125 Å². The van der Waals surface area contributed by atoms with Gasteiger partial charge in [0.2, 0.25) is 5.91 Å². The van der Waals surface area contributed by atoms with E-state index < -0.39 is 0 Å². The summed E-state index contributed by atoms with van der Waals surface area (Å²) in [4.78, 5) is 11.8. The minimum atomic E-state index is 0.00488. The number of aromatic hydroxyl groups is 1.